The van der Waals surface area contributed by atoms with Crippen molar-refractivity contribution in [3.05, 3.63) is 29.8 Å². The van der Waals surface area contributed by atoms with Gasteiger partial charge in [-0.3, -0.25) is 10.2 Å². The van der Waals surface area contributed by atoms with Gasteiger partial charge >= 0.3 is 0 Å². The second kappa shape index (κ2) is 9.37. The molecule has 0 aromatic heterocycles. The lowest BCUT2D eigenvalue weighted by Gasteiger charge is -2.16. The third-order valence-electron chi connectivity index (χ3n) is 4.04. The van der Waals surface area contributed by atoms with Gasteiger partial charge in [0.2, 0.25) is 5.91 Å². The van der Waals surface area contributed by atoms with E-state index in [9.17, 15) is 4.79 Å². The molecule has 1 heterocycles. The number of rotatable bonds is 7. The first-order valence-electron chi connectivity index (χ1n) is 8.60. The van der Waals surface area contributed by atoms with Crippen LogP contribution in [-0.4, -0.2) is 29.8 Å². The number of anilines is 1. The molecule has 0 atom stereocenters. The molecule has 1 aliphatic heterocycles. The van der Waals surface area contributed by atoms with Crippen molar-refractivity contribution in [3.63, 3.8) is 0 Å². The Kier molecular flexibility index (Phi) is 7.18. The fraction of sp³-hybridized carbons (Fsp3) is 0.500. The molecule has 2 rings (SSSR count). The molecule has 2 N–H and O–H groups in total. The standard InChI is InChI=1S/C18H26N4OS/c1-3-4-5-11-19-18(24)21-20-14(2)15-8-6-9-16(13-15)22-12-7-10-17(22)23/h6,8-9,13H,3-5,7,10-12H2,1-2H3,(H2,19,21,24)/b20-14-. The van der Waals surface area contributed by atoms with Gasteiger partial charge in [-0.1, -0.05) is 31.9 Å². The molecular formula is C18H26N4OS. The van der Waals surface area contributed by atoms with Gasteiger partial charge in [0.1, 0.15) is 0 Å². The highest BCUT2D eigenvalue weighted by atomic mass is 32.1. The number of carbonyl (C=O) groups excluding carboxylic acids is 1. The Balaban J connectivity index is 1.92. The van der Waals surface area contributed by atoms with Gasteiger partial charge in [-0.15, -0.1) is 0 Å². The van der Waals surface area contributed by atoms with Crippen molar-refractivity contribution in [1.29, 1.82) is 0 Å². The van der Waals surface area contributed by atoms with E-state index in [4.69, 9.17) is 12.2 Å². The van der Waals surface area contributed by atoms with Crippen molar-refractivity contribution in [2.75, 3.05) is 18.0 Å². The summed E-state index contributed by atoms with van der Waals surface area (Å²) in [7, 11) is 0. The quantitative estimate of drug-likeness (QED) is 0.345. The number of hydrogen-bond acceptors (Lipinski definition) is 3. The summed E-state index contributed by atoms with van der Waals surface area (Å²) in [6, 6.07) is 7.91. The topological polar surface area (TPSA) is 56.7 Å². The fourth-order valence-corrected chi connectivity index (χ4v) is 2.78. The van der Waals surface area contributed by atoms with Gasteiger partial charge in [-0.2, -0.15) is 5.10 Å². The number of amides is 1. The maximum Gasteiger partial charge on any atom is 0.227 e. The molecule has 1 aromatic rings. The van der Waals surface area contributed by atoms with Crippen LogP contribution in [-0.2, 0) is 4.79 Å². The molecule has 0 saturated carbocycles. The van der Waals surface area contributed by atoms with Crippen molar-refractivity contribution in [3.8, 4) is 0 Å². The minimum absolute atomic E-state index is 0.192. The van der Waals surface area contributed by atoms with Crippen molar-refractivity contribution < 1.29 is 4.79 Å². The number of hydrazone groups is 1. The predicted octanol–water partition coefficient (Wildman–Crippen LogP) is 3.19. The zero-order valence-electron chi connectivity index (χ0n) is 14.5. The minimum Gasteiger partial charge on any atom is -0.361 e. The molecule has 6 heteroatoms. The van der Waals surface area contributed by atoms with Gasteiger partial charge in [0.25, 0.3) is 0 Å². The van der Waals surface area contributed by atoms with E-state index in [1.54, 1.807) is 0 Å². The molecule has 1 aliphatic rings. The Morgan fingerprint density at radius 1 is 1.38 bits per heavy atom. The lowest BCUT2D eigenvalue weighted by molar-refractivity contribution is -0.117. The average molecular weight is 347 g/mol. The Morgan fingerprint density at radius 2 is 2.21 bits per heavy atom. The summed E-state index contributed by atoms with van der Waals surface area (Å²) >= 11 is 5.22. The van der Waals surface area contributed by atoms with Gasteiger partial charge in [-0.05, 0) is 49.7 Å². The van der Waals surface area contributed by atoms with Crippen molar-refractivity contribution >= 4 is 34.6 Å². The van der Waals surface area contributed by atoms with Crippen molar-refractivity contribution in [2.45, 2.75) is 46.0 Å². The Labute approximate surface area is 149 Å². The molecule has 0 spiro atoms. The molecule has 24 heavy (non-hydrogen) atoms. The summed E-state index contributed by atoms with van der Waals surface area (Å²) in [6.07, 6.45) is 5.05. The van der Waals surface area contributed by atoms with E-state index >= 15 is 0 Å². The van der Waals surface area contributed by atoms with Gasteiger partial charge in [0.15, 0.2) is 5.11 Å². The summed E-state index contributed by atoms with van der Waals surface area (Å²) in [6.45, 7) is 5.76. The molecule has 5 nitrogen and oxygen atoms in total. The van der Waals surface area contributed by atoms with Gasteiger partial charge in [-0.25, -0.2) is 0 Å². The van der Waals surface area contributed by atoms with Gasteiger partial charge < -0.3 is 10.2 Å². The number of benzene rings is 1. The zero-order chi connectivity index (χ0) is 17.4. The summed E-state index contributed by atoms with van der Waals surface area (Å²) in [5.41, 5.74) is 5.63. The maximum absolute atomic E-state index is 11.9. The first-order valence-corrected chi connectivity index (χ1v) is 9.01. The third-order valence-corrected chi connectivity index (χ3v) is 4.28. The van der Waals surface area contributed by atoms with Crippen LogP contribution in [0.5, 0.6) is 0 Å². The largest absolute Gasteiger partial charge is 0.361 e. The predicted molar refractivity (Wildman–Crippen MR) is 104 cm³/mol. The lowest BCUT2D eigenvalue weighted by atomic mass is 10.1. The van der Waals surface area contributed by atoms with Gasteiger partial charge in [0, 0.05) is 25.2 Å². The highest BCUT2D eigenvalue weighted by Gasteiger charge is 2.21. The Morgan fingerprint density at radius 3 is 2.92 bits per heavy atom. The number of carbonyl (C=O) groups is 1. The van der Waals surface area contributed by atoms with E-state index in [1.165, 1.54) is 12.8 Å². The Hall–Kier alpha value is -1.95. The van der Waals surface area contributed by atoms with Crippen LogP contribution < -0.4 is 15.6 Å². The highest BCUT2D eigenvalue weighted by Crippen LogP contribution is 2.22. The maximum atomic E-state index is 11.9. The summed E-state index contributed by atoms with van der Waals surface area (Å²) in [4.78, 5) is 13.7. The Bertz CT molecular complexity index is 615. The summed E-state index contributed by atoms with van der Waals surface area (Å²) in [5, 5.41) is 8.02. The second-order valence-corrected chi connectivity index (χ2v) is 6.38. The van der Waals surface area contributed by atoms with E-state index in [1.807, 2.05) is 36.1 Å². The molecule has 130 valence electrons. The van der Waals surface area contributed by atoms with E-state index in [0.29, 0.717) is 11.5 Å². The minimum atomic E-state index is 0.192. The van der Waals surface area contributed by atoms with Crippen LogP contribution in [0.2, 0.25) is 0 Å². The first kappa shape index (κ1) is 18.4. The number of nitrogens with zero attached hydrogens (tertiary/aromatic N) is 2. The number of nitrogens with one attached hydrogen (secondary N) is 2. The van der Waals surface area contributed by atoms with Crippen LogP contribution >= 0.6 is 12.2 Å². The molecule has 1 saturated heterocycles. The van der Waals surface area contributed by atoms with E-state index < -0.39 is 0 Å². The molecule has 0 radical (unpaired) electrons. The molecular weight excluding hydrogens is 320 g/mol. The third kappa shape index (κ3) is 5.30. The monoisotopic (exact) mass is 346 g/mol. The number of thiocarbonyl (C=S) groups is 1. The normalized spacial score (nSPS) is 14.8. The van der Waals surface area contributed by atoms with Crippen LogP contribution in [0, 0.1) is 0 Å². The van der Waals surface area contributed by atoms with Gasteiger partial charge in [0.05, 0.1) is 5.71 Å². The average Bonchev–Trinajstić information content (AvgIpc) is 3.02. The zero-order valence-corrected chi connectivity index (χ0v) is 15.3. The number of unbranched alkanes of at least 4 members (excludes halogenated alkanes) is 2. The van der Waals surface area contributed by atoms with Crippen LogP contribution in [0.15, 0.2) is 29.4 Å². The molecule has 1 fully saturated rings. The van der Waals surface area contributed by atoms with Crippen LogP contribution in [0.3, 0.4) is 0 Å². The van der Waals surface area contributed by atoms with E-state index in [2.05, 4.69) is 22.8 Å². The summed E-state index contributed by atoms with van der Waals surface area (Å²) < 4.78 is 0. The second-order valence-electron chi connectivity index (χ2n) is 5.97. The van der Waals surface area contributed by atoms with E-state index in [0.717, 1.165) is 42.9 Å². The first-order chi connectivity index (χ1) is 11.6. The molecule has 0 unspecified atom stereocenters. The summed E-state index contributed by atoms with van der Waals surface area (Å²) in [5.74, 6) is 0.192. The fourth-order valence-electron chi connectivity index (χ4n) is 2.64. The molecule has 1 aromatic carbocycles. The van der Waals surface area contributed by atoms with Crippen LogP contribution in [0.4, 0.5) is 5.69 Å². The van der Waals surface area contributed by atoms with Crippen LogP contribution in [0.25, 0.3) is 0 Å². The number of hydrogen-bond donors (Lipinski definition) is 2. The van der Waals surface area contributed by atoms with Crippen molar-refractivity contribution in [1.82, 2.24) is 10.7 Å². The molecule has 1 amide bonds. The highest BCUT2D eigenvalue weighted by molar-refractivity contribution is 7.80. The molecule has 0 aliphatic carbocycles. The lowest BCUT2D eigenvalue weighted by Crippen LogP contribution is -2.33. The molecule has 0 bridgehead atoms. The smallest absolute Gasteiger partial charge is 0.227 e. The van der Waals surface area contributed by atoms with Crippen LogP contribution in [0.1, 0.15) is 51.5 Å². The van der Waals surface area contributed by atoms with Crippen molar-refractivity contribution in [2.24, 2.45) is 5.10 Å². The van der Waals surface area contributed by atoms with E-state index in [-0.39, 0.29) is 5.91 Å². The SMILES string of the molecule is CCCCCNC(=S)N/N=C(/C)c1cccc(N2CCCC2=O)c1.